The van der Waals surface area contributed by atoms with Crippen molar-refractivity contribution in [3.05, 3.63) is 54.1 Å². The van der Waals surface area contributed by atoms with Gasteiger partial charge in [-0.1, -0.05) is 12.1 Å². The number of anilines is 2. The number of nitrogens with one attached hydrogen (secondary N) is 2. The first-order valence-electron chi connectivity index (χ1n) is 8.05. The summed E-state index contributed by atoms with van der Waals surface area (Å²) < 4.78 is 0. The molecule has 0 aromatic heterocycles. The number of hydrogen-bond donors (Lipinski definition) is 3. The summed E-state index contributed by atoms with van der Waals surface area (Å²) in [6.07, 6.45) is 0.0382. The topological polar surface area (TPSA) is 94.0 Å². The average Bonchev–Trinajstić information content (AvgIpc) is 2.60. The van der Waals surface area contributed by atoms with E-state index >= 15 is 0 Å². The molecule has 3 N–H and O–H groups in total. The minimum Gasteiger partial charge on any atom is -0.507 e. The van der Waals surface area contributed by atoms with Crippen molar-refractivity contribution in [2.45, 2.75) is 13.3 Å². The minimum atomic E-state index is -0.540. The van der Waals surface area contributed by atoms with Crippen LogP contribution < -0.4 is 15.6 Å². The van der Waals surface area contributed by atoms with Crippen molar-refractivity contribution < 1.29 is 14.7 Å². The first-order valence-corrected chi connectivity index (χ1v) is 8.05. The quantitative estimate of drug-likeness (QED) is 0.549. The summed E-state index contributed by atoms with van der Waals surface area (Å²) >= 11 is 0. The molecule has 0 aliphatic heterocycles. The van der Waals surface area contributed by atoms with Gasteiger partial charge in [-0.15, -0.1) is 0 Å². The molecule has 0 aliphatic rings. The van der Waals surface area contributed by atoms with Crippen molar-refractivity contribution >= 4 is 28.9 Å². The third kappa shape index (κ3) is 5.34. The van der Waals surface area contributed by atoms with Crippen LogP contribution in [0.5, 0.6) is 5.75 Å². The molecule has 2 amide bonds. The number of phenols is 1. The molecule has 136 valence electrons. The van der Waals surface area contributed by atoms with E-state index in [1.807, 2.05) is 43.3 Å². The van der Waals surface area contributed by atoms with Gasteiger partial charge in [0, 0.05) is 31.2 Å². The van der Waals surface area contributed by atoms with Gasteiger partial charge in [-0.05, 0) is 43.3 Å². The molecule has 2 rings (SSSR count). The lowest BCUT2D eigenvalue weighted by Crippen LogP contribution is -2.21. The number of carbonyl (C=O) groups excluding carboxylic acids is 2. The van der Waals surface area contributed by atoms with Crippen LogP contribution in [0.1, 0.15) is 23.7 Å². The second-order valence-corrected chi connectivity index (χ2v) is 5.97. The number of hydrazone groups is 1. The fourth-order valence-electron chi connectivity index (χ4n) is 2.19. The number of phenolic OH excluding ortho intramolecular Hbond substituents is 1. The van der Waals surface area contributed by atoms with Crippen molar-refractivity contribution in [2.24, 2.45) is 5.10 Å². The Morgan fingerprint density at radius 3 is 2.35 bits per heavy atom. The van der Waals surface area contributed by atoms with Crippen molar-refractivity contribution in [3.63, 3.8) is 0 Å². The molecule has 0 atom stereocenters. The van der Waals surface area contributed by atoms with Crippen LogP contribution in [0.25, 0.3) is 0 Å². The van der Waals surface area contributed by atoms with Gasteiger partial charge in [-0.2, -0.15) is 5.10 Å². The van der Waals surface area contributed by atoms with Crippen LogP contribution in [-0.2, 0) is 4.79 Å². The van der Waals surface area contributed by atoms with E-state index in [1.54, 1.807) is 19.1 Å². The zero-order valence-electron chi connectivity index (χ0n) is 15.0. The summed E-state index contributed by atoms with van der Waals surface area (Å²) in [5.74, 6) is -0.903. The van der Waals surface area contributed by atoms with Gasteiger partial charge in [-0.25, -0.2) is 5.43 Å². The van der Waals surface area contributed by atoms with Crippen LogP contribution >= 0.6 is 0 Å². The molecular weight excluding hydrogens is 332 g/mol. The van der Waals surface area contributed by atoms with Crippen LogP contribution in [0.2, 0.25) is 0 Å². The predicted octanol–water partition coefficient (Wildman–Crippen LogP) is 2.59. The van der Waals surface area contributed by atoms with Crippen LogP contribution in [0.4, 0.5) is 11.4 Å². The zero-order chi connectivity index (χ0) is 19.1. The zero-order valence-corrected chi connectivity index (χ0v) is 15.0. The van der Waals surface area contributed by atoms with Crippen LogP contribution in [0.3, 0.4) is 0 Å². The van der Waals surface area contributed by atoms with Gasteiger partial charge in [0.05, 0.1) is 12.0 Å². The standard InChI is InChI=1S/C19H22N4O3/c1-13(21-22-19(26)16-6-4-5-7-17(16)24)12-18(25)20-14-8-10-15(11-9-14)23(2)3/h4-11,24H,12H2,1-3H3,(H,20,25)(H,22,26). The average molecular weight is 354 g/mol. The summed E-state index contributed by atoms with van der Waals surface area (Å²) in [5, 5.41) is 16.3. The number of carbonyl (C=O) groups is 2. The molecule has 26 heavy (non-hydrogen) atoms. The Morgan fingerprint density at radius 1 is 1.08 bits per heavy atom. The molecule has 0 saturated heterocycles. The monoisotopic (exact) mass is 354 g/mol. The summed E-state index contributed by atoms with van der Waals surface area (Å²) in [4.78, 5) is 26.0. The molecule has 0 bridgehead atoms. The second-order valence-electron chi connectivity index (χ2n) is 5.97. The summed E-state index contributed by atoms with van der Waals surface area (Å²) in [6.45, 7) is 1.64. The van der Waals surface area contributed by atoms with Gasteiger partial charge in [0.15, 0.2) is 0 Å². The Balaban J connectivity index is 1.89. The number of nitrogens with zero attached hydrogens (tertiary/aromatic N) is 2. The fourth-order valence-corrected chi connectivity index (χ4v) is 2.19. The van der Waals surface area contributed by atoms with Crippen molar-refractivity contribution in [2.75, 3.05) is 24.3 Å². The number of hydrogen-bond acceptors (Lipinski definition) is 5. The van der Waals surface area contributed by atoms with Crippen molar-refractivity contribution in [1.29, 1.82) is 0 Å². The number of para-hydroxylation sites is 1. The largest absolute Gasteiger partial charge is 0.507 e. The normalized spacial score (nSPS) is 11.0. The van der Waals surface area contributed by atoms with Crippen LogP contribution in [0.15, 0.2) is 53.6 Å². The molecule has 0 unspecified atom stereocenters. The van der Waals surface area contributed by atoms with E-state index in [2.05, 4.69) is 15.8 Å². The molecular formula is C19H22N4O3. The lowest BCUT2D eigenvalue weighted by atomic mass is 10.2. The van der Waals surface area contributed by atoms with E-state index in [-0.39, 0.29) is 23.6 Å². The molecule has 7 heteroatoms. The van der Waals surface area contributed by atoms with Gasteiger partial charge in [0.1, 0.15) is 5.75 Å². The third-order valence-corrected chi connectivity index (χ3v) is 3.58. The molecule has 0 saturated carbocycles. The first-order chi connectivity index (χ1) is 12.4. The number of rotatable bonds is 6. The predicted molar refractivity (Wildman–Crippen MR) is 103 cm³/mol. The lowest BCUT2D eigenvalue weighted by Gasteiger charge is -2.13. The van der Waals surface area contributed by atoms with E-state index in [1.165, 1.54) is 12.1 Å². The Morgan fingerprint density at radius 2 is 1.73 bits per heavy atom. The van der Waals surface area contributed by atoms with Crippen LogP contribution in [0, 0.1) is 0 Å². The van der Waals surface area contributed by atoms with E-state index < -0.39 is 5.91 Å². The SMILES string of the molecule is CC(CC(=O)Nc1ccc(N(C)C)cc1)=NNC(=O)c1ccccc1O. The Labute approximate surface area is 152 Å². The molecule has 0 spiro atoms. The van der Waals surface area contributed by atoms with Gasteiger partial charge in [0.25, 0.3) is 5.91 Å². The third-order valence-electron chi connectivity index (χ3n) is 3.58. The Bertz CT molecular complexity index is 814. The first kappa shape index (κ1) is 19.0. The summed E-state index contributed by atoms with van der Waals surface area (Å²) in [5.41, 5.74) is 4.61. The highest BCUT2D eigenvalue weighted by Crippen LogP contribution is 2.16. The van der Waals surface area contributed by atoms with E-state index in [9.17, 15) is 14.7 Å². The van der Waals surface area contributed by atoms with Crippen molar-refractivity contribution in [1.82, 2.24) is 5.43 Å². The summed E-state index contributed by atoms with van der Waals surface area (Å²) in [6, 6.07) is 13.6. The van der Waals surface area contributed by atoms with Gasteiger partial charge in [-0.3, -0.25) is 9.59 Å². The van der Waals surface area contributed by atoms with E-state index in [0.717, 1.165) is 5.69 Å². The highest BCUT2D eigenvalue weighted by molar-refractivity contribution is 6.06. The maximum Gasteiger partial charge on any atom is 0.275 e. The Kier molecular flexibility index (Phi) is 6.32. The molecule has 2 aromatic carbocycles. The van der Waals surface area contributed by atoms with Crippen molar-refractivity contribution in [3.8, 4) is 5.75 Å². The Hall–Kier alpha value is -3.35. The number of aromatic hydroxyl groups is 1. The number of benzene rings is 2. The lowest BCUT2D eigenvalue weighted by molar-refractivity contribution is -0.115. The van der Waals surface area contributed by atoms with Gasteiger partial charge >= 0.3 is 0 Å². The molecule has 0 fully saturated rings. The fraction of sp³-hybridized carbons (Fsp3) is 0.211. The van der Waals surface area contributed by atoms with Crippen LogP contribution in [-0.4, -0.2) is 36.7 Å². The smallest absolute Gasteiger partial charge is 0.275 e. The second kappa shape index (κ2) is 8.66. The maximum atomic E-state index is 12.1. The molecule has 7 nitrogen and oxygen atoms in total. The van der Waals surface area contributed by atoms with E-state index in [0.29, 0.717) is 11.4 Å². The highest BCUT2D eigenvalue weighted by atomic mass is 16.3. The molecule has 2 aromatic rings. The molecule has 0 heterocycles. The number of amides is 2. The maximum absolute atomic E-state index is 12.1. The summed E-state index contributed by atoms with van der Waals surface area (Å²) in [7, 11) is 3.88. The molecule has 0 aliphatic carbocycles. The van der Waals surface area contributed by atoms with Gasteiger partial charge < -0.3 is 15.3 Å². The molecule has 0 radical (unpaired) electrons. The minimum absolute atomic E-state index is 0.0382. The van der Waals surface area contributed by atoms with Gasteiger partial charge in [0.2, 0.25) is 5.91 Å². The van der Waals surface area contributed by atoms with E-state index in [4.69, 9.17) is 0 Å². The highest BCUT2D eigenvalue weighted by Gasteiger charge is 2.10.